The highest BCUT2D eigenvalue weighted by Gasteiger charge is 2.33. The van der Waals surface area contributed by atoms with Crippen LogP contribution in [0.1, 0.15) is 27.2 Å². The molecule has 0 bridgehead atoms. The van der Waals surface area contributed by atoms with Crippen molar-refractivity contribution in [2.45, 2.75) is 51.4 Å². The van der Waals surface area contributed by atoms with Crippen molar-refractivity contribution in [2.75, 3.05) is 0 Å². The van der Waals surface area contributed by atoms with Gasteiger partial charge in [-0.05, 0) is 5.04 Å². The molecule has 78 valence electrons. The SMILES string of the molecule is CC(C)(C)[Si](C)(C)C#C[C@@H](O)CC#N. The van der Waals surface area contributed by atoms with Crippen LogP contribution in [-0.4, -0.2) is 19.3 Å². The predicted molar refractivity (Wildman–Crippen MR) is 61.2 cm³/mol. The minimum Gasteiger partial charge on any atom is -0.379 e. The van der Waals surface area contributed by atoms with E-state index in [0.29, 0.717) is 0 Å². The third-order valence-electron chi connectivity index (χ3n) is 2.71. The van der Waals surface area contributed by atoms with Gasteiger partial charge in [0.15, 0.2) is 0 Å². The van der Waals surface area contributed by atoms with Crippen molar-refractivity contribution in [2.24, 2.45) is 0 Å². The van der Waals surface area contributed by atoms with Crippen LogP contribution in [0.4, 0.5) is 0 Å². The van der Waals surface area contributed by atoms with Crippen LogP contribution < -0.4 is 0 Å². The van der Waals surface area contributed by atoms with Crippen LogP contribution in [-0.2, 0) is 0 Å². The van der Waals surface area contributed by atoms with Crippen molar-refractivity contribution in [3.63, 3.8) is 0 Å². The lowest BCUT2D eigenvalue weighted by Gasteiger charge is -2.31. The molecule has 2 nitrogen and oxygen atoms in total. The molecule has 0 aliphatic rings. The summed E-state index contributed by atoms with van der Waals surface area (Å²) in [6.45, 7) is 10.9. The lowest BCUT2D eigenvalue weighted by Crippen LogP contribution is -2.35. The van der Waals surface area contributed by atoms with Gasteiger partial charge in [0, 0.05) is 0 Å². The van der Waals surface area contributed by atoms with Crippen molar-refractivity contribution in [3.8, 4) is 17.5 Å². The summed E-state index contributed by atoms with van der Waals surface area (Å²) < 4.78 is 0. The van der Waals surface area contributed by atoms with E-state index in [1.807, 2.05) is 6.07 Å². The molecular weight excluding hydrogens is 190 g/mol. The van der Waals surface area contributed by atoms with Gasteiger partial charge in [-0.15, -0.1) is 5.54 Å². The van der Waals surface area contributed by atoms with E-state index in [9.17, 15) is 5.11 Å². The normalized spacial score (nSPS) is 13.8. The van der Waals surface area contributed by atoms with Crippen LogP contribution in [0.5, 0.6) is 0 Å². The van der Waals surface area contributed by atoms with Crippen LogP contribution in [0.15, 0.2) is 0 Å². The van der Waals surface area contributed by atoms with Gasteiger partial charge in [-0.25, -0.2) is 0 Å². The van der Waals surface area contributed by atoms with Crippen LogP contribution >= 0.6 is 0 Å². The number of nitrogens with zero attached hydrogens (tertiary/aromatic N) is 1. The van der Waals surface area contributed by atoms with Crippen molar-refractivity contribution in [1.82, 2.24) is 0 Å². The molecule has 3 heteroatoms. The highest BCUT2D eigenvalue weighted by Crippen LogP contribution is 2.35. The van der Waals surface area contributed by atoms with Gasteiger partial charge in [0.1, 0.15) is 14.2 Å². The van der Waals surface area contributed by atoms with Crippen LogP contribution in [0.25, 0.3) is 0 Å². The number of hydrogen-bond donors (Lipinski definition) is 1. The fourth-order valence-corrected chi connectivity index (χ4v) is 1.49. The zero-order valence-electron chi connectivity index (χ0n) is 9.68. The van der Waals surface area contributed by atoms with Gasteiger partial charge in [0.25, 0.3) is 0 Å². The smallest absolute Gasteiger partial charge is 0.137 e. The van der Waals surface area contributed by atoms with Gasteiger partial charge >= 0.3 is 0 Å². The van der Waals surface area contributed by atoms with E-state index in [-0.39, 0.29) is 11.5 Å². The minimum absolute atomic E-state index is 0.0988. The monoisotopic (exact) mass is 209 g/mol. The van der Waals surface area contributed by atoms with Gasteiger partial charge < -0.3 is 5.11 Å². The molecule has 0 heterocycles. The first-order valence-corrected chi connectivity index (χ1v) is 7.78. The van der Waals surface area contributed by atoms with E-state index in [1.165, 1.54) is 0 Å². The Morgan fingerprint density at radius 1 is 1.36 bits per heavy atom. The molecule has 0 spiro atoms. The minimum atomic E-state index is -1.63. The number of aliphatic hydroxyl groups excluding tert-OH is 1. The molecule has 0 aliphatic carbocycles. The molecule has 14 heavy (non-hydrogen) atoms. The first-order chi connectivity index (χ1) is 6.20. The number of hydrogen-bond acceptors (Lipinski definition) is 2. The zero-order valence-corrected chi connectivity index (χ0v) is 10.7. The van der Waals surface area contributed by atoms with Crippen LogP contribution in [0.2, 0.25) is 18.1 Å². The molecule has 0 aromatic rings. The third kappa shape index (κ3) is 3.96. The maximum absolute atomic E-state index is 9.30. The van der Waals surface area contributed by atoms with E-state index < -0.39 is 14.2 Å². The average molecular weight is 209 g/mol. The number of aliphatic hydroxyl groups is 1. The quantitative estimate of drug-likeness (QED) is 0.532. The molecule has 1 N–H and O–H groups in total. The van der Waals surface area contributed by atoms with E-state index >= 15 is 0 Å². The average Bonchev–Trinajstić information content (AvgIpc) is 1.99. The third-order valence-corrected chi connectivity index (χ3v) is 7.23. The van der Waals surface area contributed by atoms with E-state index in [2.05, 4.69) is 45.3 Å². The van der Waals surface area contributed by atoms with Crippen molar-refractivity contribution >= 4 is 8.07 Å². The Morgan fingerprint density at radius 2 is 1.86 bits per heavy atom. The Hall–Kier alpha value is -0.773. The van der Waals surface area contributed by atoms with Crippen LogP contribution in [0, 0.1) is 22.8 Å². The summed E-state index contributed by atoms with van der Waals surface area (Å²) >= 11 is 0. The Kier molecular flexibility index (Phi) is 4.38. The summed E-state index contributed by atoms with van der Waals surface area (Å²) in [4.78, 5) is 0. The maximum Gasteiger partial charge on any atom is 0.137 e. The topological polar surface area (TPSA) is 44.0 Å². The standard InChI is InChI=1S/C11H19NOSi/c1-11(2,3)14(4,5)9-7-10(13)6-8-12/h10,13H,6H2,1-5H3/t10-/m0/s1. The van der Waals surface area contributed by atoms with E-state index in [4.69, 9.17) is 5.26 Å². The molecule has 1 atom stereocenters. The number of rotatable bonds is 1. The highest BCUT2D eigenvalue weighted by atomic mass is 28.3. The number of nitriles is 1. The Balaban J connectivity index is 4.58. The Bertz CT molecular complexity index is 285. The Morgan fingerprint density at radius 3 is 2.21 bits per heavy atom. The molecule has 0 amide bonds. The molecule has 0 aliphatic heterocycles. The molecule has 0 aromatic heterocycles. The summed E-state index contributed by atoms with van der Waals surface area (Å²) in [6, 6.07) is 1.91. The summed E-state index contributed by atoms with van der Waals surface area (Å²) in [5.74, 6) is 2.78. The van der Waals surface area contributed by atoms with Crippen molar-refractivity contribution in [1.29, 1.82) is 5.26 Å². The first kappa shape index (κ1) is 13.2. The van der Waals surface area contributed by atoms with Gasteiger partial charge in [-0.3, -0.25) is 0 Å². The summed E-state index contributed by atoms with van der Waals surface area (Å²) in [5.41, 5.74) is 3.17. The molecule has 0 rings (SSSR count). The van der Waals surface area contributed by atoms with Gasteiger partial charge in [0.2, 0.25) is 0 Å². The molecule has 0 unspecified atom stereocenters. The molecule has 0 aromatic carbocycles. The van der Waals surface area contributed by atoms with Crippen molar-refractivity contribution in [3.05, 3.63) is 0 Å². The first-order valence-electron chi connectivity index (χ1n) is 4.78. The predicted octanol–water partition coefficient (Wildman–Crippen LogP) is 2.31. The van der Waals surface area contributed by atoms with Gasteiger partial charge in [-0.1, -0.05) is 39.8 Å². The largest absolute Gasteiger partial charge is 0.379 e. The molecule has 0 saturated heterocycles. The maximum atomic E-state index is 9.30. The highest BCUT2D eigenvalue weighted by molar-refractivity contribution is 6.87. The van der Waals surface area contributed by atoms with Gasteiger partial charge in [0.05, 0.1) is 12.5 Å². The summed E-state index contributed by atoms with van der Waals surface area (Å²) in [6.07, 6.45) is -0.684. The second-order valence-corrected chi connectivity index (χ2v) is 10.0. The Labute approximate surface area is 88.0 Å². The molecule has 0 saturated carbocycles. The molecule has 0 fully saturated rings. The summed E-state index contributed by atoms with van der Waals surface area (Å²) in [5, 5.41) is 17.9. The lowest BCUT2D eigenvalue weighted by atomic mass is 10.2. The van der Waals surface area contributed by atoms with Crippen LogP contribution in [0.3, 0.4) is 0 Å². The molecule has 0 radical (unpaired) electrons. The van der Waals surface area contributed by atoms with E-state index in [1.54, 1.807) is 0 Å². The molecular formula is C11H19NOSi. The second-order valence-electron chi connectivity index (χ2n) is 5.02. The van der Waals surface area contributed by atoms with Gasteiger partial charge in [-0.2, -0.15) is 5.26 Å². The lowest BCUT2D eigenvalue weighted by molar-refractivity contribution is 0.238. The van der Waals surface area contributed by atoms with Crippen molar-refractivity contribution < 1.29 is 5.11 Å². The van der Waals surface area contributed by atoms with E-state index in [0.717, 1.165) is 0 Å². The summed E-state index contributed by atoms with van der Waals surface area (Å²) in [7, 11) is -1.63. The fourth-order valence-electron chi connectivity index (χ4n) is 0.589. The second kappa shape index (κ2) is 4.64. The zero-order chi connectivity index (χ0) is 11.4. The fraction of sp³-hybridized carbons (Fsp3) is 0.727.